The van der Waals surface area contributed by atoms with Gasteiger partial charge in [0.05, 0.1) is 5.52 Å². The molecule has 5 nitrogen and oxygen atoms in total. The molecule has 1 heterocycles. The molecule has 0 aliphatic rings. The van der Waals surface area contributed by atoms with E-state index in [0.717, 1.165) is 10.9 Å². The lowest BCUT2D eigenvalue weighted by molar-refractivity contribution is 0.266. The van der Waals surface area contributed by atoms with Gasteiger partial charge in [0.15, 0.2) is 11.9 Å². The van der Waals surface area contributed by atoms with Gasteiger partial charge in [0.2, 0.25) is 0 Å². The number of benzene rings is 1. The maximum atomic E-state index is 8.53. The molecular weight excluding hydrogens is 218 g/mol. The maximum absolute atomic E-state index is 8.53. The molecule has 0 spiro atoms. The van der Waals surface area contributed by atoms with Gasteiger partial charge in [-0.25, -0.2) is 0 Å². The third kappa shape index (κ3) is 2.44. The Kier molecular flexibility index (Phi) is 3.09. The lowest BCUT2D eigenvalue weighted by Gasteiger charge is -2.13. The summed E-state index contributed by atoms with van der Waals surface area (Å²) < 4.78 is 5.52. The van der Waals surface area contributed by atoms with E-state index in [9.17, 15) is 0 Å². The summed E-state index contributed by atoms with van der Waals surface area (Å²) in [6, 6.07) is 9.40. The Morgan fingerprint density at radius 1 is 1.47 bits per heavy atom. The van der Waals surface area contributed by atoms with Gasteiger partial charge < -0.3 is 15.7 Å². The Balaban J connectivity index is 2.25. The first-order valence-corrected chi connectivity index (χ1v) is 5.19. The summed E-state index contributed by atoms with van der Waals surface area (Å²) in [5, 5.41) is 12.5. The number of oxime groups is 1. The van der Waals surface area contributed by atoms with Crippen LogP contribution in [0.1, 0.15) is 6.92 Å². The predicted molar refractivity (Wildman–Crippen MR) is 65.2 cm³/mol. The van der Waals surface area contributed by atoms with Crippen LogP contribution in [0, 0.1) is 0 Å². The average Bonchev–Trinajstić information content (AvgIpc) is 2.37. The normalized spacial score (nSPS) is 13.6. The van der Waals surface area contributed by atoms with Crippen molar-refractivity contribution in [1.29, 1.82) is 0 Å². The molecular formula is C12H13N3O2. The van der Waals surface area contributed by atoms with Gasteiger partial charge >= 0.3 is 0 Å². The molecule has 1 aromatic heterocycles. The van der Waals surface area contributed by atoms with E-state index in [1.54, 1.807) is 13.1 Å². The van der Waals surface area contributed by atoms with Crippen molar-refractivity contribution < 1.29 is 9.94 Å². The minimum atomic E-state index is -0.485. The molecule has 0 amide bonds. The number of hydrogen-bond acceptors (Lipinski definition) is 4. The lowest BCUT2D eigenvalue weighted by Crippen LogP contribution is -2.31. The van der Waals surface area contributed by atoms with Crippen LogP contribution in [0.2, 0.25) is 0 Å². The number of ether oxygens (including phenoxy) is 1. The molecule has 0 aliphatic carbocycles. The zero-order valence-electron chi connectivity index (χ0n) is 9.37. The molecule has 0 saturated carbocycles. The number of nitrogens with zero attached hydrogens (tertiary/aromatic N) is 2. The first kappa shape index (κ1) is 11.2. The van der Waals surface area contributed by atoms with Crippen molar-refractivity contribution in [2.24, 2.45) is 10.9 Å². The summed E-state index contributed by atoms with van der Waals surface area (Å²) in [5.41, 5.74) is 6.28. The van der Waals surface area contributed by atoms with Crippen LogP contribution in [0.3, 0.4) is 0 Å². The fourth-order valence-electron chi connectivity index (χ4n) is 1.47. The number of aromatic nitrogens is 1. The van der Waals surface area contributed by atoms with E-state index in [0.29, 0.717) is 5.75 Å². The summed E-state index contributed by atoms with van der Waals surface area (Å²) in [7, 11) is 0. The Labute approximate surface area is 98.5 Å². The molecule has 5 heteroatoms. The van der Waals surface area contributed by atoms with Gasteiger partial charge in [0.25, 0.3) is 0 Å². The summed E-state index contributed by atoms with van der Waals surface area (Å²) in [4.78, 5) is 4.22. The SMILES string of the molecule is CC(Oc1ccc2cccnc2c1)/C(N)=N/O. The fraction of sp³-hybridized carbons (Fsp3) is 0.167. The number of pyridine rings is 1. The van der Waals surface area contributed by atoms with Crippen LogP contribution in [0.5, 0.6) is 5.75 Å². The smallest absolute Gasteiger partial charge is 0.180 e. The van der Waals surface area contributed by atoms with E-state index in [-0.39, 0.29) is 5.84 Å². The van der Waals surface area contributed by atoms with Crippen molar-refractivity contribution in [1.82, 2.24) is 4.98 Å². The highest BCUT2D eigenvalue weighted by Crippen LogP contribution is 2.19. The lowest BCUT2D eigenvalue weighted by atomic mass is 10.2. The summed E-state index contributed by atoms with van der Waals surface area (Å²) in [5.74, 6) is 0.668. The molecule has 0 aliphatic heterocycles. The Morgan fingerprint density at radius 2 is 2.29 bits per heavy atom. The molecule has 2 rings (SSSR count). The monoisotopic (exact) mass is 231 g/mol. The van der Waals surface area contributed by atoms with Crippen LogP contribution in [0.15, 0.2) is 41.7 Å². The summed E-state index contributed by atoms with van der Waals surface area (Å²) in [6.07, 6.45) is 1.24. The third-order valence-electron chi connectivity index (χ3n) is 2.42. The maximum Gasteiger partial charge on any atom is 0.180 e. The van der Waals surface area contributed by atoms with E-state index in [1.807, 2.05) is 30.3 Å². The third-order valence-corrected chi connectivity index (χ3v) is 2.42. The van der Waals surface area contributed by atoms with Crippen molar-refractivity contribution in [2.75, 3.05) is 0 Å². The number of amidine groups is 1. The Morgan fingerprint density at radius 3 is 3.06 bits per heavy atom. The molecule has 0 saturated heterocycles. The first-order valence-electron chi connectivity index (χ1n) is 5.19. The van der Waals surface area contributed by atoms with Crippen molar-refractivity contribution in [3.63, 3.8) is 0 Å². The number of nitrogens with two attached hydrogens (primary N) is 1. The van der Waals surface area contributed by atoms with Crippen LogP contribution in [0.25, 0.3) is 10.9 Å². The minimum absolute atomic E-state index is 0.0334. The van der Waals surface area contributed by atoms with Crippen LogP contribution >= 0.6 is 0 Å². The number of fused-ring (bicyclic) bond motifs is 1. The molecule has 0 fully saturated rings. The van der Waals surface area contributed by atoms with Gasteiger partial charge in [-0.05, 0) is 25.1 Å². The van der Waals surface area contributed by atoms with Gasteiger partial charge in [-0.3, -0.25) is 4.98 Å². The van der Waals surface area contributed by atoms with E-state index in [4.69, 9.17) is 15.7 Å². The average molecular weight is 231 g/mol. The highest BCUT2D eigenvalue weighted by molar-refractivity contribution is 5.84. The summed E-state index contributed by atoms with van der Waals surface area (Å²) >= 11 is 0. The van der Waals surface area contributed by atoms with E-state index in [1.165, 1.54) is 0 Å². The van der Waals surface area contributed by atoms with Gasteiger partial charge in [0.1, 0.15) is 5.75 Å². The molecule has 17 heavy (non-hydrogen) atoms. The summed E-state index contributed by atoms with van der Waals surface area (Å²) in [6.45, 7) is 1.71. The van der Waals surface area contributed by atoms with Gasteiger partial charge in [0, 0.05) is 17.6 Å². The second kappa shape index (κ2) is 4.69. The topological polar surface area (TPSA) is 80.7 Å². The van der Waals surface area contributed by atoms with Crippen LogP contribution < -0.4 is 10.5 Å². The second-order valence-corrected chi connectivity index (χ2v) is 3.64. The number of hydrogen-bond donors (Lipinski definition) is 2. The van der Waals surface area contributed by atoms with Crippen LogP contribution in [-0.2, 0) is 0 Å². The second-order valence-electron chi connectivity index (χ2n) is 3.64. The molecule has 0 radical (unpaired) electrons. The van der Waals surface area contributed by atoms with Gasteiger partial charge in [-0.1, -0.05) is 11.2 Å². The highest BCUT2D eigenvalue weighted by atomic mass is 16.5. The number of rotatable bonds is 3. The molecule has 88 valence electrons. The van der Waals surface area contributed by atoms with E-state index < -0.39 is 6.10 Å². The Bertz CT molecular complexity index is 554. The zero-order chi connectivity index (χ0) is 12.3. The Hall–Kier alpha value is -2.30. The first-order chi connectivity index (χ1) is 8.20. The molecule has 0 bridgehead atoms. The van der Waals surface area contributed by atoms with E-state index in [2.05, 4.69) is 10.1 Å². The van der Waals surface area contributed by atoms with Crippen molar-refractivity contribution in [3.05, 3.63) is 36.5 Å². The fourth-order valence-corrected chi connectivity index (χ4v) is 1.47. The molecule has 3 N–H and O–H groups in total. The highest BCUT2D eigenvalue weighted by Gasteiger charge is 2.09. The molecule has 1 unspecified atom stereocenters. The largest absolute Gasteiger partial charge is 0.483 e. The van der Waals surface area contributed by atoms with Crippen molar-refractivity contribution in [2.45, 2.75) is 13.0 Å². The van der Waals surface area contributed by atoms with Gasteiger partial charge in [-0.15, -0.1) is 0 Å². The van der Waals surface area contributed by atoms with Crippen LogP contribution in [0.4, 0.5) is 0 Å². The quantitative estimate of drug-likeness (QED) is 0.365. The molecule has 2 aromatic rings. The minimum Gasteiger partial charge on any atom is -0.483 e. The van der Waals surface area contributed by atoms with E-state index >= 15 is 0 Å². The zero-order valence-corrected chi connectivity index (χ0v) is 9.37. The predicted octanol–water partition coefficient (Wildman–Crippen LogP) is 1.75. The standard InChI is InChI=1S/C12H13N3O2/c1-8(12(13)15-16)17-10-5-4-9-3-2-6-14-11(9)7-10/h2-8,16H,1H3,(H2,13,15). The van der Waals surface area contributed by atoms with Gasteiger partial charge in [-0.2, -0.15) is 0 Å². The van der Waals surface area contributed by atoms with Crippen molar-refractivity contribution in [3.8, 4) is 5.75 Å². The molecule has 1 aromatic carbocycles. The molecule has 1 atom stereocenters. The van der Waals surface area contributed by atoms with Crippen molar-refractivity contribution >= 4 is 16.7 Å². The van der Waals surface area contributed by atoms with Crippen LogP contribution in [-0.4, -0.2) is 22.1 Å².